The van der Waals surface area contributed by atoms with Crippen molar-refractivity contribution >= 4 is 37.8 Å². The lowest BCUT2D eigenvalue weighted by molar-refractivity contribution is -0.671. The number of benzene rings is 1. The van der Waals surface area contributed by atoms with Crippen LogP contribution >= 0.6 is 15.9 Å². The summed E-state index contributed by atoms with van der Waals surface area (Å²) in [5, 5.41) is 0. The predicted molar refractivity (Wildman–Crippen MR) is 118 cm³/mol. The molecule has 0 spiro atoms. The highest BCUT2D eigenvalue weighted by molar-refractivity contribution is 9.10. The first-order valence-corrected chi connectivity index (χ1v) is 12.3. The summed E-state index contributed by atoms with van der Waals surface area (Å²) in [6.45, 7) is 0.333. The van der Waals surface area contributed by atoms with Crippen LogP contribution in [0.5, 0.6) is 0 Å². The summed E-state index contributed by atoms with van der Waals surface area (Å²) < 4.78 is 30.0. The lowest BCUT2D eigenvalue weighted by Gasteiger charge is -2.27. The Morgan fingerprint density at radius 2 is 1.77 bits per heavy atom. The Bertz CT molecular complexity index is 1050. The lowest BCUT2D eigenvalue weighted by atomic mass is 9.82. The second-order valence-corrected chi connectivity index (χ2v) is 10.3. The van der Waals surface area contributed by atoms with Crippen LogP contribution in [0.25, 0.3) is 0 Å². The summed E-state index contributed by atoms with van der Waals surface area (Å²) >= 11 is 3.27. The van der Waals surface area contributed by atoms with Crippen molar-refractivity contribution in [1.82, 2.24) is 15.6 Å². The maximum atomic E-state index is 12.5. The van der Waals surface area contributed by atoms with Crippen LogP contribution in [0.15, 0.2) is 58.2 Å². The van der Waals surface area contributed by atoms with Gasteiger partial charge in [0.1, 0.15) is 12.6 Å². The van der Waals surface area contributed by atoms with E-state index in [2.05, 4.69) is 31.5 Å². The van der Waals surface area contributed by atoms with Crippen LogP contribution in [0.1, 0.15) is 36.0 Å². The summed E-state index contributed by atoms with van der Waals surface area (Å²) in [6, 6.07) is 10.1. The zero-order valence-electron chi connectivity index (χ0n) is 17.2. The number of pyridine rings is 1. The standard InChI is InChI=1S/C21H25BrN4O4S/c1-26-12-4-5-17(14-26)21(28)25-24-20(27)16-10-8-15(9-11-16)13-23-31(29,30)19-7-3-2-6-18(19)22/h2-7,12,14-16,23H,8-11,13H2,1H3,(H-,24,25,27,28)/p+1. The van der Waals surface area contributed by atoms with E-state index in [4.69, 9.17) is 0 Å². The SMILES string of the molecule is C[n+]1cccc(C(=O)NNC(=O)C2CCC(CNS(=O)(=O)c3ccccc3Br)CC2)c1. The van der Waals surface area contributed by atoms with E-state index >= 15 is 0 Å². The fourth-order valence-corrected chi connectivity index (χ4v) is 5.73. The van der Waals surface area contributed by atoms with Crippen molar-refractivity contribution in [2.45, 2.75) is 30.6 Å². The molecular formula is C21H26BrN4O4S+. The molecule has 1 aromatic carbocycles. The number of hydrogen-bond acceptors (Lipinski definition) is 4. The van der Waals surface area contributed by atoms with Crippen molar-refractivity contribution in [1.29, 1.82) is 0 Å². The van der Waals surface area contributed by atoms with Crippen molar-refractivity contribution in [2.24, 2.45) is 18.9 Å². The number of hydrazine groups is 1. The van der Waals surface area contributed by atoms with Crippen molar-refractivity contribution < 1.29 is 22.6 Å². The molecule has 1 saturated carbocycles. The minimum absolute atomic E-state index is 0.167. The van der Waals surface area contributed by atoms with Crippen molar-refractivity contribution in [3.05, 3.63) is 58.8 Å². The Morgan fingerprint density at radius 1 is 1.06 bits per heavy atom. The van der Waals surface area contributed by atoms with Crippen LogP contribution in [0.2, 0.25) is 0 Å². The molecule has 3 rings (SSSR count). The van der Waals surface area contributed by atoms with Gasteiger partial charge in [-0.05, 0) is 65.7 Å². The number of carbonyl (C=O) groups excluding carboxylic acids is 2. The van der Waals surface area contributed by atoms with E-state index in [0.29, 0.717) is 29.4 Å². The van der Waals surface area contributed by atoms with E-state index in [1.54, 1.807) is 47.2 Å². The molecule has 8 nitrogen and oxygen atoms in total. The fraction of sp³-hybridized carbons (Fsp3) is 0.381. The average molecular weight is 510 g/mol. The molecule has 0 saturated heterocycles. The number of aryl methyl sites for hydroxylation is 1. The first-order valence-electron chi connectivity index (χ1n) is 10.1. The number of rotatable bonds is 6. The Hall–Kier alpha value is -2.30. The van der Waals surface area contributed by atoms with E-state index in [9.17, 15) is 18.0 Å². The largest absolute Gasteiger partial charge is 0.275 e. The van der Waals surface area contributed by atoms with E-state index in [1.807, 2.05) is 13.2 Å². The van der Waals surface area contributed by atoms with Crippen molar-refractivity contribution in [3.8, 4) is 0 Å². The molecule has 1 aliphatic carbocycles. The summed E-state index contributed by atoms with van der Waals surface area (Å²) in [5.41, 5.74) is 5.41. The Labute approximate surface area is 190 Å². The molecule has 0 unspecified atom stereocenters. The third-order valence-electron chi connectivity index (χ3n) is 5.41. The second kappa shape index (κ2) is 10.3. The fourth-order valence-electron chi connectivity index (χ4n) is 3.61. The van der Waals surface area contributed by atoms with E-state index in [-0.39, 0.29) is 28.5 Å². The number of carbonyl (C=O) groups is 2. The molecule has 1 aliphatic rings. The third-order valence-corrected chi connectivity index (χ3v) is 7.84. The van der Waals surface area contributed by atoms with Gasteiger partial charge in [-0.15, -0.1) is 0 Å². The molecule has 0 atom stereocenters. The van der Waals surface area contributed by atoms with Crippen molar-refractivity contribution in [2.75, 3.05) is 6.54 Å². The molecule has 2 aromatic rings. The molecule has 0 radical (unpaired) electrons. The van der Waals surface area contributed by atoms with Gasteiger partial charge in [-0.2, -0.15) is 0 Å². The van der Waals surface area contributed by atoms with Gasteiger partial charge in [0.2, 0.25) is 15.9 Å². The van der Waals surface area contributed by atoms with Crippen LogP contribution in [-0.4, -0.2) is 26.8 Å². The number of nitrogens with zero attached hydrogens (tertiary/aromatic N) is 1. The van der Waals surface area contributed by atoms with E-state index in [0.717, 1.165) is 12.8 Å². The topological polar surface area (TPSA) is 108 Å². The Kier molecular flexibility index (Phi) is 7.79. The van der Waals surface area contributed by atoms with E-state index in [1.165, 1.54) is 0 Å². The number of halogens is 1. The smallest absolute Gasteiger partial charge is 0.273 e. The van der Waals surface area contributed by atoms with Crippen LogP contribution in [0.3, 0.4) is 0 Å². The number of hydrogen-bond donors (Lipinski definition) is 3. The molecule has 0 aliphatic heterocycles. The van der Waals surface area contributed by atoms with Gasteiger partial charge in [0.25, 0.3) is 5.91 Å². The number of sulfonamides is 1. The molecule has 1 aromatic heterocycles. The quantitative estimate of drug-likeness (QED) is 0.407. The van der Waals surface area contributed by atoms with Crippen LogP contribution in [-0.2, 0) is 21.9 Å². The van der Waals surface area contributed by atoms with Gasteiger partial charge in [0.15, 0.2) is 12.4 Å². The van der Waals surface area contributed by atoms with Gasteiger partial charge in [-0.1, -0.05) is 12.1 Å². The molecule has 10 heteroatoms. The van der Waals surface area contributed by atoms with Gasteiger partial charge in [0, 0.05) is 23.0 Å². The minimum atomic E-state index is -3.59. The highest BCUT2D eigenvalue weighted by Gasteiger charge is 2.28. The highest BCUT2D eigenvalue weighted by Crippen LogP contribution is 2.29. The van der Waals surface area contributed by atoms with Gasteiger partial charge in [-0.25, -0.2) is 17.7 Å². The second-order valence-electron chi connectivity index (χ2n) is 7.70. The van der Waals surface area contributed by atoms with Crippen LogP contribution in [0.4, 0.5) is 0 Å². The maximum Gasteiger partial charge on any atom is 0.275 e. The minimum Gasteiger partial charge on any atom is -0.273 e. The third kappa shape index (κ3) is 6.34. The average Bonchev–Trinajstić information content (AvgIpc) is 2.76. The molecule has 2 amide bonds. The lowest BCUT2D eigenvalue weighted by Crippen LogP contribution is -2.46. The monoisotopic (exact) mass is 509 g/mol. The molecule has 166 valence electrons. The van der Waals surface area contributed by atoms with Gasteiger partial charge < -0.3 is 0 Å². The normalized spacial score (nSPS) is 18.9. The number of amides is 2. The zero-order chi connectivity index (χ0) is 22.4. The Balaban J connectivity index is 1.43. The van der Waals surface area contributed by atoms with Gasteiger partial charge >= 0.3 is 0 Å². The first-order chi connectivity index (χ1) is 14.8. The molecule has 3 N–H and O–H groups in total. The number of nitrogens with one attached hydrogen (secondary N) is 3. The highest BCUT2D eigenvalue weighted by atomic mass is 79.9. The zero-order valence-corrected chi connectivity index (χ0v) is 19.6. The summed E-state index contributed by atoms with van der Waals surface area (Å²) in [5.74, 6) is -0.635. The molecule has 1 fully saturated rings. The van der Waals surface area contributed by atoms with Crippen LogP contribution in [0, 0.1) is 11.8 Å². The first kappa shape index (κ1) is 23.4. The maximum absolute atomic E-state index is 12.5. The summed E-state index contributed by atoms with van der Waals surface area (Å²) in [4.78, 5) is 24.8. The molecule has 31 heavy (non-hydrogen) atoms. The molecule has 1 heterocycles. The predicted octanol–water partition coefficient (Wildman–Crippen LogP) is 1.82. The van der Waals surface area contributed by atoms with Crippen molar-refractivity contribution in [3.63, 3.8) is 0 Å². The van der Waals surface area contributed by atoms with Gasteiger partial charge in [0.05, 0.1) is 4.90 Å². The summed E-state index contributed by atoms with van der Waals surface area (Å²) in [7, 11) is -1.78. The number of aromatic nitrogens is 1. The van der Waals surface area contributed by atoms with Crippen LogP contribution < -0.4 is 20.1 Å². The van der Waals surface area contributed by atoms with Gasteiger partial charge in [-0.3, -0.25) is 20.4 Å². The molecule has 0 bridgehead atoms. The van der Waals surface area contributed by atoms with E-state index < -0.39 is 10.0 Å². The molecular weight excluding hydrogens is 484 g/mol. The Morgan fingerprint density at radius 3 is 2.45 bits per heavy atom. The summed E-state index contributed by atoms with van der Waals surface area (Å²) in [6.07, 6.45) is 6.24.